The molecule has 0 aliphatic carbocycles. The highest BCUT2D eigenvalue weighted by atomic mass is 35.5. The molecule has 2 heterocycles. The third kappa shape index (κ3) is 1.52. The van der Waals surface area contributed by atoms with Crippen LogP contribution >= 0.6 is 35.0 Å². The summed E-state index contributed by atoms with van der Waals surface area (Å²) in [5, 5.41) is 1.75. The van der Waals surface area contributed by atoms with Crippen LogP contribution in [0.5, 0.6) is 0 Å². The lowest BCUT2D eigenvalue weighted by atomic mass is 10.0. The van der Waals surface area contributed by atoms with Crippen LogP contribution in [0.15, 0.2) is 0 Å². The van der Waals surface area contributed by atoms with E-state index in [0.29, 0.717) is 10.5 Å². The van der Waals surface area contributed by atoms with Gasteiger partial charge in [0.25, 0.3) is 0 Å². The highest BCUT2D eigenvalue weighted by Crippen LogP contribution is 2.46. The molecule has 0 aromatic carbocycles. The summed E-state index contributed by atoms with van der Waals surface area (Å²) in [5.74, 6) is 0. The van der Waals surface area contributed by atoms with Crippen molar-refractivity contribution in [2.45, 2.75) is 46.9 Å². The van der Waals surface area contributed by atoms with Gasteiger partial charge in [0.1, 0.15) is 0 Å². The first-order valence-electron chi connectivity index (χ1n) is 4.22. The molecule has 2 aliphatic rings. The zero-order chi connectivity index (χ0) is 7.84. The summed E-state index contributed by atoms with van der Waals surface area (Å²) in [4.78, 5) is 0. The van der Waals surface area contributed by atoms with E-state index in [4.69, 9.17) is 23.2 Å². The second kappa shape index (κ2) is 3.35. The van der Waals surface area contributed by atoms with Crippen LogP contribution in [-0.2, 0) is 0 Å². The van der Waals surface area contributed by atoms with Crippen LogP contribution in [0.1, 0.15) is 25.7 Å². The van der Waals surface area contributed by atoms with Crippen LogP contribution in [0.3, 0.4) is 0 Å². The maximum Gasteiger partial charge on any atom is 0.0629 e. The molecular weight excluding hydrogens is 199 g/mol. The predicted octanol–water partition coefficient (Wildman–Crippen LogP) is 3.26. The van der Waals surface area contributed by atoms with E-state index in [1.54, 1.807) is 0 Å². The van der Waals surface area contributed by atoms with E-state index >= 15 is 0 Å². The van der Waals surface area contributed by atoms with Crippen LogP contribution in [0.2, 0.25) is 0 Å². The van der Waals surface area contributed by atoms with Crippen LogP contribution in [0.25, 0.3) is 0 Å². The number of halogens is 2. The summed E-state index contributed by atoms with van der Waals surface area (Å²) in [6.45, 7) is 0. The number of rotatable bonds is 0. The molecule has 0 aromatic rings. The summed E-state index contributed by atoms with van der Waals surface area (Å²) < 4.78 is 0. The van der Waals surface area contributed by atoms with Crippen molar-refractivity contribution in [3.8, 4) is 0 Å². The average Bonchev–Trinajstić information content (AvgIpc) is 2.31. The number of hydrogen-bond donors (Lipinski definition) is 0. The summed E-state index contributed by atoms with van der Waals surface area (Å²) in [6.07, 6.45) is 5.25. The van der Waals surface area contributed by atoms with Gasteiger partial charge in [-0.25, -0.2) is 0 Å². The highest BCUT2D eigenvalue weighted by Gasteiger charge is 2.42. The Bertz CT molecular complexity index is 135. The van der Waals surface area contributed by atoms with Gasteiger partial charge in [0, 0.05) is 10.5 Å². The first-order chi connectivity index (χ1) is 5.29. The van der Waals surface area contributed by atoms with E-state index in [9.17, 15) is 0 Å². The topological polar surface area (TPSA) is 0 Å². The Labute approximate surface area is 82.0 Å². The lowest BCUT2D eigenvalue weighted by molar-refractivity contribution is 0.565. The number of alkyl halides is 2. The quantitative estimate of drug-likeness (QED) is 0.554. The van der Waals surface area contributed by atoms with E-state index in [0.717, 1.165) is 0 Å². The molecule has 0 spiro atoms. The Hall–Kier alpha value is 0.930. The van der Waals surface area contributed by atoms with E-state index in [-0.39, 0.29) is 10.8 Å². The van der Waals surface area contributed by atoms with Crippen molar-refractivity contribution in [1.29, 1.82) is 0 Å². The van der Waals surface area contributed by atoms with Crippen molar-refractivity contribution < 1.29 is 0 Å². The van der Waals surface area contributed by atoms with Crippen LogP contribution < -0.4 is 0 Å². The molecule has 0 unspecified atom stereocenters. The molecule has 11 heavy (non-hydrogen) atoms. The fraction of sp³-hybridized carbons (Fsp3) is 1.00. The average molecular weight is 211 g/mol. The van der Waals surface area contributed by atoms with Gasteiger partial charge in [-0.15, -0.1) is 23.2 Å². The van der Waals surface area contributed by atoms with Crippen LogP contribution in [0, 0.1) is 0 Å². The summed E-state index contributed by atoms with van der Waals surface area (Å²) in [5.41, 5.74) is 0. The Morgan fingerprint density at radius 1 is 0.909 bits per heavy atom. The standard InChI is InChI=1S/C8H12Cl2S/c9-7-5-3-1-2-4-6(11-5)8(7)10/h5-8H,1-4H2/t5-,6+,7-,8+. The van der Waals surface area contributed by atoms with E-state index in [2.05, 4.69) is 0 Å². The number of thioether (sulfide) groups is 1. The van der Waals surface area contributed by atoms with Gasteiger partial charge in [-0.2, -0.15) is 11.8 Å². The van der Waals surface area contributed by atoms with Crippen molar-refractivity contribution in [1.82, 2.24) is 0 Å². The van der Waals surface area contributed by atoms with Crippen molar-refractivity contribution in [3.63, 3.8) is 0 Å². The van der Waals surface area contributed by atoms with Crippen LogP contribution in [-0.4, -0.2) is 21.3 Å². The second-order valence-electron chi connectivity index (χ2n) is 3.39. The lowest BCUT2D eigenvalue weighted by Gasteiger charge is -2.16. The molecule has 2 rings (SSSR count). The minimum Gasteiger partial charge on any atom is -0.152 e. The Kier molecular flexibility index (Phi) is 2.60. The summed E-state index contributed by atoms with van der Waals surface area (Å²) >= 11 is 14.4. The third-order valence-corrected chi connectivity index (χ3v) is 5.93. The molecule has 0 nitrogen and oxygen atoms in total. The molecule has 0 radical (unpaired) electrons. The zero-order valence-electron chi connectivity index (χ0n) is 6.30. The van der Waals surface area contributed by atoms with Gasteiger partial charge in [-0.3, -0.25) is 0 Å². The minimum atomic E-state index is 0.229. The van der Waals surface area contributed by atoms with Gasteiger partial charge in [-0.05, 0) is 12.8 Å². The van der Waals surface area contributed by atoms with Gasteiger partial charge in [0.05, 0.1) is 10.8 Å². The van der Waals surface area contributed by atoms with E-state index in [1.165, 1.54) is 25.7 Å². The minimum absolute atomic E-state index is 0.229. The normalized spacial score (nSPS) is 50.7. The van der Waals surface area contributed by atoms with Crippen molar-refractivity contribution >= 4 is 35.0 Å². The maximum atomic E-state index is 6.18. The largest absolute Gasteiger partial charge is 0.152 e. The van der Waals surface area contributed by atoms with E-state index in [1.807, 2.05) is 11.8 Å². The van der Waals surface area contributed by atoms with Gasteiger partial charge in [0.2, 0.25) is 0 Å². The Morgan fingerprint density at radius 2 is 1.36 bits per heavy atom. The number of hydrogen-bond acceptors (Lipinski definition) is 1. The maximum absolute atomic E-state index is 6.18. The third-order valence-electron chi connectivity index (χ3n) is 2.59. The second-order valence-corrected chi connectivity index (χ2v) is 5.88. The summed E-state index contributed by atoms with van der Waals surface area (Å²) in [7, 11) is 0. The molecule has 0 saturated carbocycles. The fourth-order valence-corrected chi connectivity index (χ4v) is 4.76. The summed E-state index contributed by atoms with van der Waals surface area (Å²) in [6, 6.07) is 0. The smallest absolute Gasteiger partial charge is 0.0629 e. The van der Waals surface area contributed by atoms with Gasteiger partial charge in [-0.1, -0.05) is 12.8 Å². The van der Waals surface area contributed by atoms with Crippen molar-refractivity contribution in [3.05, 3.63) is 0 Å². The van der Waals surface area contributed by atoms with Crippen molar-refractivity contribution in [2.75, 3.05) is 0 Å². The van der Waals surface area contributed by atoms with Crippen LogP contribution in [0.4, 0.5) is 0 Å². The molecule has 2 fully saturated rings. The molecule has 2 aliphatic heterocycles. The molecule has 3 heteroatoms. The number of fused-ring (bicyclic) bond motifs is 2. The lowest BCUT2D eigenvalue weighted by Crippen LogP contribution is -2.24. The Balaban J connectivity index is 2.10. The molecule has 0 aromatic heterocycles. The fourth-order valence-electron chi connectivity index (χ4n) is 1.93. The van der Waals surface area contributed by atoms with Gasteiger partial charge < -0.3 is 0 Å². The molecule has 4 atom stereocenters. The molecular formula is C8H12Cl2S. The SMILES string of the molecule is Cl[C@@H]1[C@H](Cl)[C@H]2CCCC[C@@H]1S2. The first kappa shape index (κ1) is 8.52. The first-order valence-corrected chi connectivity index (χ1v) is 6.04. The van der Waals surface area contributed by atoms with Crippen molar-refractivity contribution in [2.24, 2.45) is 0 Å². The molecule has 0 amide bonds. The van der Waals surface area contributed by atoms with Gasteiger partial charge >= 0.3 is 0 Å². The molecule has 2 saturated heterocycles. The molecule has 2 bridgehead atoms. The Morgan fingerprint density at radius 3 is 1.82 bits per heavy atom. The molecule has 0 N–H and O–H groups in total. The monoisotopic (exact) mass is 210 g/mol. The zero-order valence-corrected chi connectivity index (χ0v) is 8.63. The molecule has 64 valence electrons. The van der Waals surface area contributed by atoms with Gasteiger partial charge in [0.15, 0.2) is 0 Å². The predicted molar refractivity (Wildman–Crippen MR) is 52.9 cm³/mol. The highest BCUT2D eigenvalue weighted by molar-refractivity contribution is 8.01. The van der Waals surface area contributed by atoms with E-state index < -0.39 is 0 Å².